The molecular formula is C17H13F3O2. The molecule has 2 aromatic carbocycles. The van der Waals surface area contributed by atoms with Gasteiger partial charge < -0.3 is 5.11 Å². The van der Waals surface area contributed by atoms with Gasteiger partial charge in [0.15, 0.2) is 0 Å². The molecule has 5 heteroatoms. The molecular weight excluding hydrogens is 293 g/mol. The minimum absolute atomic E-state index is 0.0276. The van der Waals surface area contributed by atoms with Crippen molar-refractivity contribution in [3.05, 3.63) is 70.8 Å². The lowest BCUT2D eigenvalue weighted by Crippen LogP contribution is -2.04. The van der Waals surface area contributed by atoms with E-state index in [-0.39, 0.29) is 5.57 Å². The Balaban J connectivity index is 2.38. The minimum atomic E-state index is -4.41. The minimum Gasteiger partial charge on any atom is -0.478 e. The van der Waals surface area contributed by atoms with Crippen LogP contribution in [0.25, 0.3) is 11.6 Å². The Hall–Kier alpha value is -2.56. The maximum Gasteiger partial charge on any atom is 0.416 e. The molecule has 1 N–H and O–H groups in total. The molecule has 0 aliphatic heterocycles. The lowest BCUT2D eigenvalue weighted by atomic mass is 10.0. The molecule has 0 atom stereocenters. The van der Waals surface area contributed by atoms with Crippen molar-refractivity contribution in [1.29, 1.82) is 0 Å². The van der Waals surface area contributed by atoms with Gasteiger partial charge in [-0.3, -0.25) is 0 Å². The molecule has 0 amide bonds. The van der Waals surface area contributed by atoms with E-state index in [9.17, 15) is 23.1 Å². The van der Waals surface area contributed by atoms with Gasteiger partial charge in [-0.25, -0.2) is 4.79 Å². The summed E-state index contributed by atoms with van der Waals surface area (Å²) in [6.07, 6.45) is -3.05. The average molecular weight is 306 g/mol. The largest absolute Gasteiger partial charge is 0.478 e. The fourth-order valence-corrected chi connectivity index (χ4v) is 1.94. The third-order valence-corrected chi connectivity index (χ3v) is 3.14. The highest BCUT2D eigenvalue weighted by Gasteiger charge is 2.29. The summed E-state index contributed by atoms with van der Waals surface area (Å²) in [5.74, 6) is -1.14. The van der Waals surface area contributed by atoms with E-state index < -0.39 is 17.7 Å². The molecule has 0 aromatic heterocycles. The first kappa shape index (κ1) is 15.8. The number of carboxylic acids is 1. The summed E-state index contributed by atoms with van der Waals surface area (Å²) >= 11 is 0. The number of halogens is 3. The van der Waals surface area contributed by atoms with Crippen LogP contribution < -0.4 is 0 Å². The topological polar surface area (TPSA) is 37.3 Å². The molecule has 22 heavy (non-hydrogen) atoms. The van der Waals surface area contributed by atoms with Crippen molar-refractivity contribution in [1.82, 2.24) is 0 Å². The predicted octanol–water partition coefficient (Wildman–Crippen LogP) is 4.64. The van der Waals surface area contributed by atoms with E-state index in [4.69, 9.17) is 0 Å². The Morgan fingerprint density at radius 1 is 1.00 bits per heavy atom. The number of alkyl halides is 3. The van der Waals surface area contributed by atoms with Crippen molar-refractivity contribution in [2.45, 2.75) is 13.1 Å². The van der Waals surface area contributed by atoms with E-state index in [1.165, 1.54) is 18.2 Å². The first-order valence-corrected chi connectivity index (χ1v) is 6.46. The van der Waals surface area contributed by atoms with Crippen molar-refractivity contribution >= 4 is 17.6 Å². The summed E-state index contributed by atoms with van der Waals surface area (Å²) in [5, 5.41) is 9.29. The highest BCUT2D eigenvalue weighted by atomic mass is 19.4. The summed E-state index contributed by atoms with van der Waals surface area (Å²) in [6, 6.07) is 11.2. The molecule has 0 fully saturated rings. The average Bonchev–Trinajstić information content (AvgIpc) is 2.45. The fraction of sp³-hybridized carbons (Fsp3) is 0.118. The molecule has 0 saturated heterocycles. The number of carbonyl (C=O) groups is 1. The molecule has 114 valence electrons. The summed E-state index contributed by atoms with van der Waals surface area (Å²) in [7, 11) is 0. The Labute approximate surface area is 125 Å². The van der Waals surface area contributed by atoms with Crippen LogP contribution in [0.4, 0.5) is 13.2 Å². The fourth-order valence-electron chi connectivity index (χ4n) is 1.94. The highest BCUT2D eigenvalue weighted by Crippen LogP contribution is 2.29. The van der Waals surface area contributed by atoms with Crippen LogP contribution in [0.5, 0.6) is 0 Å². The molecule has 0 bridgehead atoms. The summed E-state index contributed by atoms with van der Waals surface area (Å²) in [4.78, 5) is 11.4. The zero-order chi connectivity index (χ0) is 16.3. The second-order valence-corrected chi connectivity index (χ2v) is 4.85. The molecule has 2 nitrogen and oxygen atoms in total. The van der Waals surface area contributed by atoms with Gasteiger partial charge in [0.05, 0.1) is 11.1 Å². The quantitative estimate of drug-likeness (QED) is 0.662. The van der Waals surface area contributed by atoms with Crippen LogP contribution in [0.3, 0.4) is 0 Å². The maximum absolute atomic E-state index is 12.5. The van der Waals surface area contributed by atoms with Crippen molar-refractivity contribution in [3.63, 3.8) is 0 Å². The Morgan fingerprint density at radius 3 is 2.00 bits per heavy atom. The second-order valence-electron chi connectivity index (χ2n) is 4.85. The van der Waals surface area contributed by atoms with Crippen molar-refractivity contribution < 1.29 is 23.1 Å². The summed E-state index contributed by atoms with van der Waals surface area (Å²) < 4.78 is 37.5. The van der Waals surface area contributed by atoms with Crippen LogP contribution in [0, 0.1) is 6.92 Å². The number of rotatable bonds is 3. The SMILES string of the molecule is Cc1ccc(/C(=C/c2ccc(C(F)(F)F)cc2)C(=O)O)cc1. The molecule has 0 aliphatic carbocycles. The molecule has 0 unspecified atom stereocenters. The number of aliphatic carboxylic acids is 1. The predicted molar refractivity (Wildman–Crippen MR) is 78.1 cm³/mol. The first-order chi connectivity index (χ1) is 10.3. The number of hydrogen-bond donors (Lipinski definition) is 1. The zero-order valence-electron chi connectivity index (χ0n) is 11.7. The van der Waals surface area contributed by atoms with Gasteiger partial charge in [0.25, 0.3) is 0 Å². The standard InChI is InChI=1S/C17H13F3O2/c1-11-2-6-13(7-3-11)15(16(21)22)10-12-4-8-14(9-5-12)17(18,19)20/h2-10H,1H3,(H,21,22)/b15-10-. The molecule has 0 saturated carbocycles. The number of benzene rings is 2. The molecule has 2 aromatic rings. The van der Waals surface area contributed by atoms with Crippen LogP contribution in [0.15, 0.2) is 48.5 Å². The zero-order valence-corrected chi connectivity index (χ0v) is 11.7. The lowest BCUT2D eigenvalue weighted by Gasteiger charge is -2.07. The summed E-state index contributed by atoms with van der Waals surface area (Å²) in [5.41, 5.74) is 1.14. The van der Waals surface area contributed by atoms with Crippen LogP contribution in [-0.4, -0.2) is 11.1 Å². The van der Waals surface area contributed by atoms with E-state index in [0.717, 1.165) is 17.7 Å². The molecule has 0 radical (unpaired) electrons. The van der Waals surface area contributed by atoms with E-state index in [1.54, 1.807) is 24.3 Å². The first-order valence-electron chi connectivity index (χ1n) is 6.46. The van der Waals surface area contributed by atoms with Crippen LogP contribution >= 0.6 is 0 Å². The van der Waals surface area contributed by atoms with Gasteiger partial charge in [-0.05, 0) is 36.3 Å². The maximum atomic E-state index is 12.5. The van der Waals surface area contributed by atoms with Crippen LogP contribution in [-0.2, 0) is 11.0 Å². The van der Waals surface area contributed by atoms with Crippen molar-refractivity contribution in [2.75, 3.05) is 0 Å². The van der Waals surface area contributed by atoms with Crippen LogP contribution in [0.1, 0.15) is 22.3 Å². The summed E-state index contributed by atoms with van der Waals surface area (Å²) in [6.45, 7) is 1.88. The van der Waals surface area contributed by atoms with Gasteiger partial charge in [0.1, 0.15) is 0 Å². The van der Waals surface area contributed by atoms with Crippen molar-refractivity contribution in [3.8, 4) is 0 Å². The van der Waals surface area contributed by atoms with Gasteiger partial charge in [-0.15, -0.1) is 0 Å². The molecule has 0 aliphatic rings. The van der Waals surface area contributed by atoms with E-state index in [0.29, 0.717) is 11.1 Å². The van der Waals surface area contributed by atoms with Crippen LogP contribution in [0.2, 0.25) is 0 Å². The van der Waals surface area contributed by atoms with Gasteiger partial charge in [-0.1, -0.05) is 42.0 Å². The lowest BCUT2D eigenvalue weighted by molar-refractivity contribution is -0.137. The van der Waals surface area contributed by atoms with Gasteiger partial charge >= 0.3 is 12.1 Å². The number of aryl methyl sites for hydroxylation is 1. The Kier molecular flexibility index (Phi) is 4.35. The monoisotopic (exact) mass is 306 g/mol. The van der Waals surface area contributed by atoms with Gasteiger partial charge in [-0.2, -0.15) is 13.2 Å². The van der Waals surface area contributed by atoms with E-state index in [2.05, 4.69) is 0 Å². The van der Waals surface area contributed by atoms with E-state index in [1.807, 2.05) is 6.92 Å². The number of carboxylic acid groups (broad SMARTS) is 1. The third-order valence-electron chi connectivity index (χ3n) is 3.14. The normalized spacial score (nSPS) is 12.3. The van der Waals surface area contributed by atoms with Gasteiger partial charge in [0.2, 0.25) is 0 Å². The molecule has 0 heterocycles. The number of hydrogen-bond acceptors (Lipinski definition) is 1. The molecule has 2 rings (SSSR count). The molecule has 0 spiro atoms. The van der Waals surface area contributed by atoms with Crippen molar-refractivity contribution in [2.24, 2.45) is 0 Å². The third kappa shape index (κ3) is 3.75. The van der Waals surface area contributed by atoms with Gasteiger partial charge in [0, 0.05) is 0 Å². The van der Waals surface area contributed by atoms with E-state index >= 15 is 0 Å². The highest BCUT2D eigenvalue weighted by molar-refractivity contribution is 6.20. The second kappa shape index (κ2) is 6.05. The Bertz CT molecular complexity index is 696. The Morgan fingerprint density at radius 2 is 1.55 bits per heavy atom. The smallest absolute Gasteiger partial charge is 0.416 e.